The fraction of sp³-hybridized carbons (Fsp3) is 0.227. The van der Waals surface area contributed by atoms with Crippen LogP contribution in [0.3, 0.4) is 0 Å². The number of benzene rings is 2. The van der Waals surface area contributed by atoms with Crippen LogP contribution < -0.4 is 15.0 Å². The van der Waals surface area contributed by atoms with E-state index in [-0.39, 0.29) is 5.56 Å². The molecule has 0 amide bonds. The van der Waals surface area contributed by atoms with Crippen molar-refractivity contribution >= 4 is 49.0 Å². The van der Waals surface area contributed by atoms with Crippen LogP contribution in [-0.4, -0.2) is 29.6 Å². The van der Waals surface area contributed by atoms with Crippen LogP contribution >= 0.6 is 31.9 Å². The monoisotopic (exact) mass is 533 g/mol. The molecule has 0 aliphatic heterocycles. The first-order valence-electron chi connectivity index (χ1n) is 9.35. The van der Waals surface area contributed by atoms with Gasteiger partial charge in [0.25, 0.3) is 5.56 Å². The van der Waals surface area contributed by atoms with Gasteiger partial charge in [0, 0.05) is 20.9 Å². The number of aryl methyl sites for hydroxylation is 1. The molecule has 0 unspecified atom stereocenters. The Labute approximate surface area is 191 Å². The summed E-state index contributed by atoms with van der Waals surface area (Å²) in [5.74, 6) is 1.67. The van der Waals surface area contributed by atoms with Gasteiger partial charge in [-0.05, 0) is 36.8 Å². The third-order valence-corrected chi connectivity index (χ3v) is 5.23. The predicted octanol–water partition coefficient (Wildman–Crippen LogP) is 5.33. The highest BCUT2D eigenvalue weighted by molar-refractivity contribution is 9.10. The van der Waals surface area contributed by atoms with Crippen molar-refractivity contribution in [1.29, 1.82) is 0 Å². The highest BCUT2D eigenvalue weighted by Gasteiger charge is 2.13. The lowest BCUT2D eigenvalue weighted by Crippen LogP contribution is -2.22. The van der Waals surface area contributed by atoms with Crippen molar-refractivity contribution in [2.75, 3.05) is 13.7 Å². The maximum Gasteiger partial charge on any atom is 0.282 e. The molecule has 30 heavy (non-hydrogen) atoms. The summed E-state index contributed by atoms with van der Waals surface area (Å²) in [6.07, 6.45) is 4.69. The first-order chi connectivity index (χ1) is 14.5. The lowest BCUT2D eigenvalue weighted by atomic mass is 10.2. The van der Waals surface area contributed by atoms with Crippen LogP contribution in [0.5, 0.6) is 11.5 Å². The molecule has 0 spiro atoms. The maximum absolute atomic E-state index is 13.2. The Morgan fingerprint density at radius 3 is 2.73 bits per heavy atom. The molecule has 0 saturated heterocycles. The number of methoxy groups -OCH3 is 1. The van der Waals surface area contributed by atoms with Gasteiger partial charge in [0.15, 0.2) is 11.5 Å². The zero-order valence-corrected chi connectivity index (χ0v) is 19.9. The van der Waals surface area contributed by atoms with Crippen LogP contribution in [0.25, 0.3) is 10.9 Å². The molecule has 2 aromatic carbocycles. The largest absolute Gasteiger partial charge is 0.493 e. The SMILES string of the molecule is C=CCOc1c(C=Nn2c(CCC)nc3ccc(Br)cc3c2=O)cc(Br)cc1OC. The summed E-state index contributed by atoms with van der Waals surface area (Å²) < 4.78 is 14.2. The quantitative estimate of drug-likeness (QED) is 0.289. The highest BCUT2D eigenvalue weighted by Crippen LogP contribution is 2.34. The van der Waals surface area contributed by atoms with Crippen LogP contribution in [0, 0.1) is 0 Å². The molecular weight excluding hydrogens is 514 g/mol. The molecule has 0 atom stereocenters. The molecule has 0 fully saturated rings. The van der Waals surface area contributed by atoms with Gasteiger partial charge in [0.05, 0.1) is 24.2 Å². The van der Waals surface area contributed by atoms with Crippen molar-refractivity contribution in [1.82, 2.24) is 9.66 Å². The Kier molecular flexibility index (Phi) is 7.44. The van der Waals surface area contributed by atoms with Gasteiger partial charge in [-0.3, -0.25) is 4.79 Å². The molecule has 1 aromatic heterocycles. The van der Waals surface area contributed by atoms with E-state index in [4.69, 9.17) is 9.47 Å². The fourth-order valence-corrected chi connectivity index (χ4v) is 3.77. The van der Waals surface area contributed by atoms with Crippen molar-refractivity contribution in [2.24, 2.45) is 5.10 Å². The zero-order valence-electron chi connectivity index (χ0n) is 16.7. The Bertz CT molecular complexity index is 1170. The second kappa shape index (κ2) is 10.0. The molecule has 156 valence electrons. The number of aromatic nitrogens is 2. The Balaban J connectivity index is 2.17. The molecular formula is C22H21Br2N3O3. The minimum Gasteiger partial charge on any atom is -0.493 e. The van der Waals surface area contributed by atoms with E-state index in [0.717, 1.165) is 15.4 Å². The second-order valence-corrected chi connectivity index (χ2v) is 8.26. The number of hydrogen-bond donors (Lipinski definition) is 0. The zero-order chi connectivity index (χ0) is 21.7. The normalized spacial score (nSPS) is 11.2. The lowest BCUT2D eigenvalue weighted by Gasteiger charge is -2.13. The van der Waals surface area contributed by atoms with Crippen molar-refractivity contribution in [3.8, 4) is 11.5 Å². The maximum atomic E-state index is 13.2. The fourth-order valence-electron chi connectivity index (χ4n) is 2.95. The lowest BCUT2D eigenvalue weighted by molar-refractivity contribution is 0.326. The first-order valence-corrected chi connectivity index (χ1v) is 10.9. The predicted molar refractivity (Wildman–Crippen MR) is 127 cm³/mol. The average Bonchev–Trinajstić information content (AvgIpc) is 2.73. The van der Waals surface area contributed by atoms with Crippen molar-refractivity contribution < 1.29 is 9.47 Å². The van der Waals surface area contributed by atoms with E-state index < -0.39 is 0 Å². The van der Waals surface area contributed by atoms with Gasteiger partial charge in [-0.25, -0.2) is 4.98 Å². The van der Waals surface area contributed by atoms with Crippen molar-refractivity contribution in [3.63, 3.8) is 0 Å². The molecule has 3 aromatic rings. The molecule has 1 heterocycles. The summed E-state index contributed by atoms with van der Waals surface area (Å²) in [7, 11) is 1.57. The Hall–Kier alpha value is -2.45. The van der Waals surface area contributed by atoms with Crippen LogP contribution in [0.1, 0.15) is 24.7 Å². The molecule has 3 rings (SSSR count). The van der Waals surface area contributed by atoms with Gasteiger partial charge in [-0.15, -0.1) is 0 Å². The van der Waals surface area contributed by atoms with E-state index in [1.54, 1.807) is 31.5 Å². The third kappa shape index (κ3) is 4.82. The minimum atomic E-state index is -0.225. The van der Waals surface area contributed by atoms with Crippen molar-refractivity contribution in [3.05, 3.63) is 73.7 Å². The van der Waals surface area contributed by atoms with E-state index in [9.17, 15) is 4.79 Å². The van der Waals surface area contributed by atoms with E-state index >= 15 is 0 Å². The Morgan fingerprint density at radius 2 is 2.03 bits per heavy atom. The molecule has 8 heteroatoms. The minimum absolute atomic E-state index is 0.225. The number of hydrogen-bond acceptors (Lipinski definition) is 5. The average molecular weight is 535 g/mol. The molecule has 6 nitrogen and oxygen atoms in total. The number of halogens is 2. The number of fused-ring (bicyclic) bond motifs is 1. The number of nitrogens with zero attached hydrogens (tertiary/aromatic N) is 3. The van der Waals surface area contributed by atoms with Gasteiger partial charge in [0.2, 0.25) is 0 Å². The van der Waals surface area contributed by atoms with Crippen LogP contribution in [0.15, 0.2) is 61.8 Å². The smallest absolute Gasteiger partial charge is 0.282 e. The third-order valence-electron chi connectivity index (χ3n) is 4.28. The summed E-state index contributed by atoms with van der Waals surface area (Å²) in [6, 6.07) is 9.11. The van der Waals surface area contributed by atoms with Crippen LogP contribution in [0.2, 0.25) is 0 Å². The van der Waals surface area contributed by atoms with Gasteiger partial charge < -0.3 is 9.47 Å². The van der Waals surface area contributed by atoms with Gasteiger partial charge in [0.1, 0.15) is 12.4 Å². The first kappa shape index (κ1) is 22.2. The van der Waals surface area contributed by atoms with Crippen molar-refractivity contribution in [2.45, 2.75) is 19.8 Å². The summed E-state index contributed by atoms with van der Waals surface area (Å²) in [5, 5.41) is 4.98. The highest BCUT2D eigenvalue weighted by atomic mass is 79.9. The van der Waals surface area contributed by atoms with Gasteiger partial charge >= 0.3 is 0 Å². The summed E-state index contributed by atoms with van der Waals surface area (Å²) in [5.41, 5.74) is 1.08. The molecule has 0 saturated carbocycles. The number of rotatable bonds is 8. The van der Waals surface area contributed by atoms with Crippen LogP contribution in [-0.2, 0) is 6.42 Å². The summed E-state index contributed by atoms with van der Waals surface area (Å²) in [6.45, 7) is 6.03. The molecule has 0 bridgehead atoms. The number of ether oxygens (including phenoxy) is 2. The standard InChI is InChI=1S/C22H21Br2N3O3/c1-4-6-20-26-18-8-7-15(23)11-17(18)22(28)27(20)25-13-14-10-16(24)12-19(29-3)21(14)30-9-5-2/h5,7-8,10-13H,2,4,6,9H2,1,3H3. The second-order valence-electron chi connectivity index (χ2n) is 6.43. The Morgan fingerprint density at radius 1 is 1.23 bits per heavy atom. The van der Waals surface area contributed by atoms with E-state index in [1.165, 1.54) is 4.68 Å². The van der Waals surface area contributed by atoms with E-state index in [1.807, 2.05) is 25.1 Å². The summed E-state index contributed by atoms with van der Waals surface area (Å²) >= 11 is 6.89. The molecule has 0 N–H and O–H groups in total. The van der Waals surface area contributed by atoms with Crippen LogP contribution in [0.4, 0.5) is 0 Å². The topological polar surface area (TPSA) is 65.7 Å². The van der Waals surface area contributed by atoms with E-state index in [2.05, 4.69) is 48.5 Å². The van der Waals surface area contributed by atoms with E-state index in [0.29, 0.717) is 46.8 Å². The molecule has 0 aliphatic carbocycles. The summed E-state index contributed by atoms with van der Waals surface area (Å²) in [4.78, 5) is 17.8. The van der Waals surface area contributed by atoms with Gasteiger partial charge in [-0.1, -0.05) is 51.4 Å². The molecule has 0 radical (unpaired) electrons. The van der Waals surface area contributed by atoms with Gasteiger partial charge in [-0.2, -0.15) is 9.78 Å². The molecule has 0 aliphatic rings.